The van der Waals surface area contributed by atoms with Crippen LogP contribution >= 0.6 is 0 Å². The van der Waals surface area contributed by atoms with Crippen LogP contribution in [0.4, 0.5) is 9.18 Å². The molecule has 9 heteroatoms. The van der Waals surface area contributed by atoms with Crippen LogP contribution < -0.4 is 0 Å². The number of piperidine rings is 1. The molecule has 1 saturated heterocycles. The number of Topliss-reactive ketones (excluding diaryl/α,β-unsaturated/α-hetero) is 1. The smallest absolute Gasteiger partial charge is 0.328 e. The normalized spacial score (nSPS) is 14.0. The standard InChI is InChI=1S/C29H33FN4O4/c1-18-14-25-23(24(26(35)28(37)31(2)3)17-34(25)29(38)32(4)5)16-22(18)27(36)33-12-10-20(11-13-33)15-19-6-8-21(30)9-7-19/h6-9,14,16-17,20H,10-13,15H2,1-5H3. The van der Waals surface area contributed by atoms with Crippen molar-refractivity contribution < 1.29 is 23.6 Å². The zero-order chi connectivity index (χ0) is 27.7. The van der Waals surface area contributed by atoms with Gasteiger partial charge in [0.15, 0.2) is 0 Å². The molecule has 38 heavy (non-hydrogen) atoms. The molecular formula is C29H33FN4O4. The molecule has 0 spiro atoms. The van der Waals surface area contributed by atoms with E-state index in [1.165, 1.54) is 46.8 Å². The van der Waals surface area contributed by atoms with Gasteiger partial charge in [-0.1, -0.05) is 12.1 Å². The van der Waals surface area contributed by atoms with Crippen molar-refractivity contribution in [1.29, 1.82) is 0 Å². The second-order valence-electron chi connectivity index (χ2n) is 10.4. The fourth-order valence-electron chi connectivity index (χ4n) is 4.94. The highest BCUT2D eigenvalue weighted by molar-refractivity contribution is 6.45. The first-order valence-corrected chi connectivity index (χ1v) is 12.6. The molecule has 0 radical (unpaired) electrons. The molecule has 3 amide bonds. The van der Waals surface area contributed by atoms with E-state index < -0.39 is 11.7 Å². The van der Waals surface area contributed by atoms with Gasteiger partial charge in [-0.05, 0) is 67.5 Å². The van der Waals surface area contributed by atoms with Gasteiger partial charge in [0.2, 0.25) is 0 Å². The number of hydrogen-bond donors (Lipinski definition) is 0. The van der Waals surface area contributed by atoms with Gasteiger partial charge >= 0.3 is 6.03 Å². The van der Waals surface area contributed by atoms with Crippen LogP contribution in [0.5, 0.6) is 0 Å². The number of nitrogens with zero attached hydrogens (tertiary/aromatic N) is 4. The van der Waals surface area contributed by atoms with Gasteiger partial charge in [-0.3, -0.25) is 19.0 Å². The molecule has 200 valence electrons. The number of fused-ring (bicyclic) bond motifs is 1. The van der Waals surface area contributed by atoms with Crippen molar-refractivity contribution in [3.63, 3.8) is 0 Å². The number of benzene rings is 2. The van der Waals surface area contributed by atoms with Gasteiger partial charge in [0.1, 0.15) is 5.82 Å². The Bertz CT molecular complexity index is 1400. The second-order valence-corrected chi connectivity index (χ2v) is 10.4. The Labute approximate surface area is 221 Å². The average Bonchev–Trinajstić information content (AvgIpc) is 3.26. The molecule has 0 N–H and O–H groups in total. The Hall–Kier alpha value is -4.01. The Balaban J connectivity index is 1.61. The summed E-state index contributed by atoms with van der Waals surface area (Å²) in [4.78, 5) is 56.3. The molecular weight excluding hydrogens is 487 g/mol. The number of likely N-dealkylation sites (N-methyl/N-ethyl adjacent to an activating group) is 1. The first-order chi connectivity index (χ1) is 18.0. The Morgan fingerprint density at radius 2 is 1.55 bits per heavy atom. The van der Waals surface area contributed by atoms with Gasteiger partial charge in [-0.25, -0.2) is 9.18 Å². The number of hydrogen-bond acceptors (Lipinski definition) is 4. The lowest BCUT2D eigenvalue weighted by molar-refractivity contribution is -0.124. The summed E-state index contributed by atoms with van der Waals surface area (Å²) in [5, 5.41) is 0.389. The van der Waals surface area contributed by atoms with Crippen molar-refractivity contribution in [3.05, 3.63) is 70.7 Å². The molecule has 1 aliphatic rings. The Morgan fingerprint density at radius 1 is 0.921 bits per heavy atom. The highest BCUT2D eigenvalue weighted by Crippen LogP contribution is 2.29. The van der Waals surface area contributed by atoms with Gasteiger partial charge < -0.3 is 14.7 Å². The molecule has 0 atom stereocenters. The first-order valence-electron chi connectivity index (χ1n) is 12.6. The third kappa shape index (κ3) is 5.32. The van der Waals surface area contributed by atoms with Crippen LogP contribution in [0.15, 0.2) is 42.6 Å². The maximum absolute atomic E-state index is 13.6. The largest absolute Gasteiger partial charge is 0.342 e. The topological polar surface area (TPSA) is 82.9 Å². The van der Waals surface area contributed by atoms with Crippen LogP contribution in [0.1, 0.15) is 44.7 Å². The van der Waals surface area contributed by atoms with E-state index >= 15 is 0 Å². The summed E-state index contributed by atoms with van der Waals surface area (Å²) in [7, 11) is 6.18. The van der Waals surface area contributed by atoms with E-state index in [1.54, 1.807) is 45.3 Å². The zero-order valence-corrected chi connectivity index (χ0v) is 22.5. The molecule has 2 heterocycles. The molecule has 8 nitrogen and oxygen atoms in total. The molecule has 1 fully saturated rings. The molecule has 3 aromatic rings. The molecule has 1 aromatic heterocycles. The van der Waals surface area contributed by atoms with Crippen LogP contribution in [0.25, 0.3) is 10.9 Å². The molecule has 0 aliphatic carbocycles. The molecule has 2 aromatic carbocycles. The number of likely N-dealkylation sites (tertiary alicyclic amines) is 1. The van der Waals surface area contributed by atoms with Crippen molar-refractivity contribution in [2.45, 2.75) is 26.2 Å². The second kappa shape index (κ2) is 10.8. The van der Waals surface area contributed by atoms with E-state index in [0.717, 1.165) is 24.8 Å². The van der Waals surface area contributed by atoms with E-state index in [4.69, 9.17) is 0 Å². The summed E-state index contributed by atoms with van der Waals surface area (Å²) in [5.41, 5.74) is 2.75. The fourth-order valence-corrected chi connectivity index (χ4v) is 4.94. The SMILES string of the molecule is Cc1cc2c(cc1C(=O)N1CCC(Cc3ccc(F)cc3)CC1)c(C(=O)C(=O)N(C)C)cn2C(=O)N(C)C. The fraction of sp³-hybridized carbons (Fsp3) is 0.379. The Kier molecular flexibility index (Phi) is 7.66. The van der Waals surface area contributed by atoms with Gasteiger partial charge in [0.25, 0.3) is 17.6 Å². The van der Waals surface area contributed by atoms with Crippen LogP contribution in [0.2, 0.25) is 0 Å². The Morgan fingerprint density at radius 3 is 2.13 bits per heavy atom. The number of carbonyl (C=O) groups is 4. The summed E-state index contributed by atoms with van der Waals surface area (Å²) >= 11 is 0. The van der Waals surface area contributed by atoms with Crippen LogP contribution in [-0.2, 0) is 11.2 Å². The minimum Gasteiger partial charge on any atom is -0.342 e. The summed E-state index contributed by atoms with van der Waals surface area (Å²) in [6, 6.07) is 9.54. The third-order valence-corrected chi connectivity index (χ3v) is 7.15. The predicted molar refractivity (Wildman–Crippen MR) is 143 cm³/mol. The quantitative estimate of drug-likeness (QED) is 0.376. The van der Waals surface area contributed by atoms with Crippen molar-refractivity contribution in [1.82, 2.24) is 19.3 Å². The minimum absolute atomic E-state index is 0.0842. The van der Waals surface area contributed by atoms with E-state index in [0.29, 0.717) is 41.0 Å². The van der Waals surface area contributed by atoms with Gasteiger partial charge in [-0.2, -0.15) is 0 Å². The molecule has 0 saturated carbocycles. The lowest BCUT2D eigenvalue weighted by Crippen LogP contribution is -2.39. The summed E-state index contributed by atoms with van der Waals surface area (Å²) in [6.45, 7) is 2.98. The third-order valence-electron chi connectivity index (χ3n) is 7.15. The lowest BCUT2D eigenvalue weighted by atomic mass is 9.89. The zero-order valence-electron chi connectivity index (χ0n) is 22.5. The molecule has 4 rings (SSSR count). The summed E-state index contributed by atoms with van der Waals surface area (Å²) < 4.78 is 14.6. The number of amides is 3. The monoisotopic (exact) mass is 520 g/mol. The number of carbonyl (C=O) groups excluding carboxylic acids is 4. The average molecular weight is 521 g/mol. The van der Waals surface area contributed by atoms with E-state index in [2.05, 4.69) is 0 Å². The number of aryl methyl sites for hydroxylation is 1. The highest BCUT2D eigenvalue weighted by atomic mass is 19.1. The van der Waals surface area contributed by atoms with Gasteiger partial charge in [0.05, 0.1) is 11.1 Å². The van der Waals surface area contributed by atoms with Crippen molar-refractivity contribution in [3.8, 4) is 0 Å². The summed E-state index contributed by atoms with van der Waals surface area (Å²) in [6.07, 6.45) is 3.88. The number of aromatic nitrogens is 1. The highest BCUT2D eigenvalue weighted by Gasteiger charge is 2.29. The minimum atomic E-state index is -0.742. The molecule has 1 aliphatic heterocycles. The van der Waals surface area contributed by atoms with Crippen LogP contribution in [0.3, 0.4) is 0 Å². The predicted octanol–water partition coefficient (Wildman–Crippen LogP) is 3.98. The summed E-state index contributed by atoms with van der Waals surface area (Å²) in [5.74, 6) is -1.44. The van der Waals surface area contributed by atoms with Crippen molar-refractivity contribution in [2.75, 3.05) is 41.3 Å². The van der Waals surface area contributed by atoms with E-state index in [1.807, 2.05) is 4.90 Å². The van der Waals surface area contributed by atoms with Gasteiger partial charge in [-0.15, -0.1) is 0 Å². The number of ketones is 1. The van der Waals surface area contributed by atoms with Crippen molar-refractivity contribution in [2.24, 2.45) is 5.92 Å². The van der Waals surface area contributed by atoms with Crippen LogP contribution in [-0.4, -0.2) is 84.2 Å². The van der Waals surface area contributed by atoms with E-state index in [9.17, 15) is 23.6 Å². The van der Waals surface area contributed by atoms with Crippen LogP contribution in [0, 0.1) is 18.7 Å². The molecule has 0 bridgehead atoms. The lowest BCUT2D eigenvalue weighted by Gasteiger charge is -2.32. The maximum Gasteiger partial charge on any atom is 0.328 e. The van der Waals surface area contributed by atoms with Crippen molar-refractivity contribution >= 4 is 34.5 Å². The van der Waals surface area contributed by atoms with E-state index in [-0.39, 0.29) is 23.3 Å². The first kappa shape index (κ1) is 27.0. The number of rotatable bonds is 5. The number of halogens is 1. The maximum atomic E-state index is 13.6. The molecule has 0 unspecified atom stereocenters. The van der Waals surface area contributed by atoms with Gasteiger partial charge in [0, 0.05) is 58.4 Å².